The third-order valence-electron chi connectivity index (χ3n) is 2.49. The fourth-order valence-electron chi connectivity index (χ4n) is 1.52. The molecule has 19 heavy (non-hydrogen) atoms. The Bertz CT molecular complexity index is 587. The standard InChI is InChI=1S/C12H10Cl2FN3O/c13-9-4-10(14)11(15)3-8(9)12(19)17-2-1-7-5-16-6-18-7/h3-6H,1-2H2,(H,16,18)(H,17,19). The van der Waals surface area contributed by atoms with Crippen molar-refractivity contribution in [2.24, 2.45) is 0 Å². The quantitative estimate of drug-likeness (QED) is 0.853. The molecule has 0 saturated carbocycles. The molecule has 0 unspecified atom stereocenters. The van der Waals surface area contributed by atoms with E-state index in [9.17, 15) is 9.18 Å². The summed E-state index contributed by atoms with van der Waals surface area (Å²) in [5.41, 5.74) is 0.960. The average Bonchev–Trinajstić information content (AvgIpc) is 2.86. The number of imidazole rings is 1. The molecule has 0 atom stereocenters. The number of aromatic nitrogens is 2. The Morgan fingerprint density at radius 3 is 2.84 bits per heavy atom. The van der Waals surface area contributed by atoms with Gasteiger partial charge in [0.05, 0.1) is 21.9 Å². The zero-order chi connectivity index (χ0) is 13.8. The summed E-state index contributed by atoms with van der Waals surface area (Å²) < 4.78 is 13.3. The second-order valence-corrected chi connectivity index (χ2v) is 4.64. The lowest BCUT2D eigenvalue weighted by Crippen LogP contribution is -2.26. The van der Waals surface area contributed by atoms with Crippen molar-refractivity contribution in [1.29, 1.82) is 0 Å². The lowest BCUT2D eigenvalue weighted by molar-refractivity contribution is 0.0954. The second-order valence-electron chi connectivity index (χ2n) is 3.83. The zero-order valence-electron chi connectivity index (χ0n) is 9.71. The van der Waals surface area contributed by atoms with E-state index in [4.69, 9.17) is 23.2 Å². The van der Waals surface area contributed by atoms with Crippen molar-refractivity contribution in [3.63, 3.8) is 0 Å². The molecule has 1 heterocycles. The highest BCUT2D eigenvalue weighted by Gasteiger charge is 2.13. The molecule has 0 fully saturated rings. The van der Waals surface area contributed by atoms with Crippen LogP contribution in [0, 0.1) is 5.82 Å². The number of carbonyl (C=O) groups is 1. The molecule has 7 heteroatoms. The second kappa shape index (κ2) is 6.04. The molecule has 0 radical (unpaired) electrons. The van der Waals surface area contributed by atoms with Crippen LogP contribution in [-0.4, -0.2) is 22.4 Å². The molecule has 2 rings (SSSR count). The van der Waals surface area contributed by atoms with E-state index in [1.807, 2.05) is 0 Å². The van der Waals surface area contributed by atoms with E-state index in [1.54, 1.807) is 12.5 Å². The lowest BCUT2D eigenvalue weighted by atomic mass is 10.2. The summed E-state index contributed by atoms with van der Waals surface area (Å²) in [6.07, 6.45) is 3.82. The van der Waals surface area contributed by atoms with Crippen molar-refractivity contribution in [3.8, 4) is 0 Å². The minimum absolute atomic E-state index is 0.0631. The fraction of sp³-hybridized carbons (Fsp3) is 0.167. The third kappa shape index (κ3) is 3.45. The molecule has 100 valence electrons. The van der Waals surface area contributed by atoms with Gasteiger partial charge >= 0.3 is 0 Å². The minimum Gasteiger partial charge on any atom is -0.352 e. The number of amides is 1. The number of nitrogens with one attached hydrogen (secondary N) is 2. The molecule has 0 bridgehead atoms. The Labute approximate surface area is 118 Å². The molecule has 1 aromatic carbocycles. The number of H-pyrrole nitrogens is 1. The van der Waals surface area contributed by atoms with Crippen molar-refractivity contribution < 1.29 is 9.18 Å². The van der Waals surface area contributed by atoms with Gasteiger partial charge in [0.2, 0.25) is 0 Å². The Morgan fingerprint density at radius 2 is 2.16 bits per heavy atom. The third-order valence-corrected chi connectivity index (χ3v) is 3.09. The molecule has 2 aromatic rings. The number of hydrogen-bond donors (Lipinski definition) is 2. The molecule has 4 nitrogen and oxygen atoms in total. The van der Waals surface area contributed by atoms with Crippen LogP contribution in [0.15, 0.2) is 24.7 Å². The molecule has 0 aliphatic heterocycles. The molecular weight excluding hydrogens is 292 g/mol. The predicted molar refractivity (Wildman–Crippen MR) is 71.0 cm³/mol. The van der Waals surface area contributed by atoms with Gasteiger partial charge in [-0.25, -0.2) is 9.37 Å². The van der Waals surface area contributed by atoms with Gasteiger partial charge in [-0.15, -0.1) is 0 Å². The first-order valence-electron chi connectivity index (χ1n) is 5.48. The van der Waals surface area contributed by atoms with Crippen LogP contribution in [-0.2, 0) is 6.42 Å². The molecule has 1 amide bonds. The number of aromatic amines is 1. The van der Waals surface area contributed by atoms with E-state index >= 15 is 0 Å². The maximum absolute atomic E-state index is 13.3. The van der Waals surface area contributed by atoms with Crippen LogP contribution >= 0.6 is 23.2 Å². The summed E-state index contributed by atoms with van der Waals surface area (Å²) in [6.45, 7) is 0.390. The zero-order valence-corrected chi connectivity index (χ0v) is 11.2. The smallest absolute Gasteiger partial charge is 0.252 e. The van der Waals surface area contributed by atoms with Crippen LogP contribution in [0.4, 0.5) is 4.39 Å². The number of hydrogen-bond acceptors (Lipinski definition) is 2. The van der Waals surface area contributed by atoms with E-state index < -0.39 is 11.7 Å². The molecule has 0 aliphatic rings. The van der Waals surface area contributed by atoms with Crippen LogP contribution in [0.3, 0.4) is 0 Å². The van der Waals surface area contributed by atoms with Crippen LogP contribution < -0.4 is 5.32 Å². The van der Waals surface area contributed by atoms with Crippen molar-refractivity contribution in [1.82, 2.24) is 15.3 Å². The minimum atomic E-state index is -0.676. The number of halogens is 3. The van der Waals surface area contributed by atoms with Gasteiger partial charge in [0, 0.05) is 24.9 Å². The topological polar surface area (TPSA) is 57.8 Å². The van der Waals surface area contributed by atoms with Gasteiger partial charge < -0.3 is 10.3 Å². The van der Waals surface area contributed by atoms with E-state index in [0.717, 1.165) is 11.8 Å². The summed E-state index contributed by atoms with van der Waals surface area (Å²) in [7, 11) is 0. The van der Waals surface area contributed by atoms with Gasteiger partial charge in [-0.1, -0.05) is 23.2 Å². The number of nitrogens with zero attached hydrogens (tertiary/aromatic N) is 1. The largest absolute Gasteiger partial charge is 0.352 e. The van der Waals surface area contributed by atoms with Gasteiger partial charge in [0.15, 0.2) is 0 Å². The van der Waals surface area contributed by atoms with E-state index in [-0.39, 0.29) is 15.6 Å². The number of carbonyl (C=O) groups excluding carboxylic acids is 1. The summed E-state index contributed by atoms with van der Waals surface area (Å²) in [4.78, 5) is 18.6. The molecular formula is C12H10Cl2FN3O. The SMILES string of the molecule is O=C(NCCc1cnc[nH]1)c1cc(F)c(Cl)cc1Cl. The Hall–Kier alpha value is -1.59. The Kier molecular flexibility index (Phi) is 4.39. The predicted octanol–water partition coefficient (Wildman–Crippen LogP) is 2.83. The molecule has 1 aromatic heterocycles. The average molecular weight is 302 g/mol. The van der Waals surface area contributed by atoms with Crippen LogP contribution in [0.25, 0.3) is 0 Å². The normalized spacial score (nSPS) is 10.5. The van der Waals surface area contributed by atoms with Crippen LogP contribution in [0.2, 0.25) is 10.0 Å². The van der Waals surface area contributed by atoms with E-state index in [1.165, 1.54) is 6.07 Å². The van der Waals surface area contributed by atoms with Gasteiger partial charge in [0.25, 0.3) is 5.91 Å². The maximum atomic E-state index is 13.3. The number of rotatable bonds is 4. The van der Waals surface area contributed by atoms with Gasteiger partial charge in [-0.2, -0.15) is 0 Å². The van der Waals surface area contributed by atoms with Gasteiger partial charge in [-0.3, -0.25) is 4.79 Å². The summed E-state index contributed by atoms with van der Waals surface area (Å²) >= 11 is 11.4. The first-order chi connectivity index (χ1) is 9.08. The van der Waals surface area contributed by atoms with Gasteiger partial charge in [-0.05, 0) is 12.1 Å². The first kappa shape index (κ1) is 13.8. The highest BCUT2D eigenvalue weighted by atomic mass is 35.5. The van der Waals surface area contributed by atoms with E-state index in [0.29, 0.717) is 13.0 Å². The van der Waals surface area contributed by atoms with Crippen molar-refractivity contribution in [3.05, 3.63) is 51.8 Å². The van der Waals surface area contributed by atoms with E-state index in [2.05, 4.69) is 15.3 Å². The maximum Gasteiger partial charge on any atom is 0.252 e. The molecule has 2 N–H and O–H groups in total. The van der Waals surface area contributed by atoms with Crippen LogP contribution in [0.1, 0.15) is 16.1 Å². The number of benzene rings is 1. The van der Waals surface area contributed by atoms with Crippen molar-refractivity contribution in [2.75, 3.05) is 6.54 Å². The van der Waals surface area contributed by atoms with Crippen LogP contribution in [0.5, 0.6) is 0 Å². The highest BCUT2D eigenvalue weighted by Crippen LogP contribution is 2.24. The van der Waals surface area contributed by atoms with Crippen molar-refractivity contribution >= 4 is 29.1 Å². The Morgan fingerprint density at radius 1 is 1.37 bits per heavy atom. The molecule has 0 aliphatic carbocycles. The Balaban J connectivity index is 1.98. The monoisotopic (exact) mass is 301 g/mol. The van der Waals surface area contributed by atoms with Gasteiger partial charge in [0.1, 0.15) is 5.82 Å². The van der Waals surface area contributed by atoms with Crippen molar-refractivity contribution in [2.45, 2.75) is 6.42 Å². The lowest BCUT2D eigenvalue weighted by Gasteiger charge is -2.07. The summed E-state index contributed by atoms with van der Waals surface area (Å²) in [5.74, 6) is -1.12. The summed E-state index contributed by atoms with van der Waals surface area (Å²) in [5, 5.41) is 2.65. The molecule has 0 saturated heterocycles. The fourth-order valence-corrected chi connectivity index (χ4v) is 1.99. The highest BCUT2D eigenvalue weighted by molar-refractivity contribution is 6.36. The summed E-state index contributed by atoms with van der Waals surface area (Å²) in [6, 6.07) is 2.23. The molecule has 0 spiro atoms. The first-order valence-corrected chi connectivity index (χ1v) is 6.23.